The SMILES string of the molecule is CCC(=O)Nc1cccc(NC(=O)c2cccnc2F)c1. The van der Waals surface area contributed by atoms with E-state index >= 15 is 0 Å². The van der Waals surface area contributed by atoms with Gasteiger partial charge in [-0.3, -0.25) is 9.59 Å². The van der Waals surface area contributed by atoms with E-state index in [0.717, 1.165) is 0 Å². The smallest absolute Gasteiger partial charge is 0.260 e. The van der Waals surface area contributed by atoms with Crippen molar-refractivity contribution < 1.29 is 14.0 Å². The second-order valence-corrected chi connectivity index (χ2v) is 4.28. The van der Waals surface area contributed by atoms with Crippen molar-refractivity contribution in [1.82, 2.24) is 4.98 Å². The van der Waals surface area contributed by atoms with Gasteiger partial charge in [0.1, 0.15) is 0 Å². The van der Waals surface area contributed by atoms with Crippen LogP contribution in [0.15, 0.2) is 42.6 Å². The van der Waals surface area contributed by atoms with E-state index in [1.807, 2.05) is 0 Å². The lowest BCUT2D eigenvalue weighted by Gasteiger charge is -2.08. The van der Waals surface area contributed by atoms with Crippen LogP contribution in [0.5, 0.6) is 0 Å². The molecule has 0 saturated carbocycles. The van der Waals surface area contributed by atoms with Crippen molar-refractivity contribution in [2.75, 3.05) is 10.6 Å². The average molecular weight is 287 g/mol. The van der Waals surface area contributed by atoms with Gasteiger partial charge in [-0.2, -0.15) is 4.39 Å². The minimum atomic E-state index is -0.828. The number of carbonyl (C=O) groups excluding carboxylic acids is 2. The predicted octanol–water partition coefficient (Wildman–Crippen LogP) is 2.82. The van der Waals surface area contributed by atoms with Crippen molar-refractivity contribution in [1.29, 1.82) is 0 Å². The molecule has 0 aliphatic carbocycles. The van der Waals surface area contributed by atoms with Gasteiger partial charge >= 0.3 is 0 Å². The molecule has 0 atom stereocenters. The first kappa shape index (κ1) is 14.6. The van der Waals surface area contributed by atoms with Crippen molar-refractivity contribution >= 4 is 23.2 Å². The number of aromatic nitrogens is 1. The molecule has 2 aromatic rings. The number of rotatable bonds is 4. The molecule has 1 aromatic carbocycles. The quantitative estimate of drug-likeness (QED) is 0.849. The summed E-state index contributed by atoms with van der Waals surface area (Å²) < 4.78 is 13.4. The van der Waals surface area contributed by atoms with Crippen LogP contribution in [0.4, 0.5) is 15.8 Å². The highest BCUT2D eigenvalue weighted by Gasteiger charge is 2.12. The van der Waals surface area contributed by atoms with Gasteiger partial charge in [-0.25, -0.2) is 4.98 Å². The van der Waals surface area contributed by atoms with Crippen LogP contribution in [0.1, 0.15) is 23.7 Å². The number of halogens is 1. The number of hydrogen-bond donors (Lipinski definition) is 2. The summed E-state index contributed by atoms with van der Waals surface area (Å²) in [6.07, 6.45) is 1.63. The highest BCUT2D eigenvalue weighted by Crippen LogP contribution is 2.16. The largest absolute Gasteiger partial charge is 0.326 e. The Morgan fingerprint density at radius 2 is 1.86 bits per heavy atom. The number of benzene rings is 1. The average Bonchev–Trinajstić information content (AvgIpc) is 2.47. The van der Waals surface area contributed by atoms with Gasteiger partial charge in [-0.05, 0) is 30.3 Å². The van der Waals surface area contributed by atoms with Crippen molar-refractivity contribution in [2.45, 2.75) is 13.3 Å². The Kier molecular flexibility index (Phi) is 4.61. The maximum Gasteiger partial charge on any atom is 0.260 e. The normalized spacial score (nSPS) is 10.0. The molecular formula is C15H14FN3O2. The second kappa shape index (κ2) is 6.60. The number of hydrogen-bond acceptors (Lipinski definition) is 3. The van der Waals surface area contributed by atoms with Gasteiger partial charge in [0.05, 0.1) is 5.56 Å². The van der Waals surface area contributed by atoms with E-state index in [-0.39, 0.29) is 11.5 Å². The molecule has 2 amide bonds. The van der Waals surface area contributed by atoms with E-state index in [2.05, 4.69) is 15.6 Å². The molecule has 0 spiro atoms. The van der Waals surface area contributed by atoms with Crippen molar-refractivity contribution in [3.8, 4) is 0 Å². The zero-order chi connectivity index (χ0) is 15.2. The van der Waals surface area contributed by atoms with Gasteiger partial charge in [-0.1, -0.05) is 13.0 Å². The Labute approximate surface area is 121 Å². The molecule has 0 aliphatic rings. The fourth-order valence-corrected chi connectivity index (χ4v) is 1.68. The molecule has 108 valence electrons. The maximum atomic E-state index is 13.4. The molecule has 0 bridgehead atoms. The third-order valence-electron chi connectivity index (χ3n) is 2.73. The van der Waals surface area contributed by atoms with Crippen LogP contribution in [0.25, 0.3) is 0 Å². The molecule has 0 aliphatic heterocycles. The molecule has 2 rings (SSSR count). The van der Waals surface area contributed by atoms with Crippen LogP contribution in [0, 0.1) is 5.95 Å². The first-order valence-corrected chi connectivity index (χ1v) is 6.42. The van der Waals surface area contributed by atoms with E-state index in [9.17, 15) is 14.0 Å². The number of anilines is 2. The summed E-state index contributed by atoms with van der Waals surface area (Å²) in [6.45, 7) is 1.74. The number of nitrogens with zero attached hydrogens (tertiary/aromatic N) is 1. The summed E-state index contributed by atoms with van der Waals surface area (Å²) >= 11 is 0. The van der Waals surface area contributed by atoms with E-state index < -0.39 is 11.9 Å². The zero-order valence-corrected chi connectivity index (χ0v) is 11.4. The lowest BCUT2D eigenvalue weighted by molar-refractivity contribution is -0.115. The van der Waals surface area contributed by atoms with Crippen LogP contribution in [-0.4, -0.2) is 16.8 Å². The molecule has 6 heteroatoms. The second-order valence-electron chi connectivity index (χ2n) is 4.28. The summed E-state index contributed by atoms with van der Waals surface area (Å²) in [4.78, 5) is 26.7. The zero-order valence-electron chi connectivity index (χ0n) is 11.4. The van der Waals surface area contributed by atoms with Crippen LogP contribution in [0.3, 0.4) is 0 Å². The molecule has 21 heavy (non-hydrogen) atoms. The number of nitrogens with one attached hydrogen (secondary N) is 2. The molecule has 0 unspecified atom stereocenters. The van der Waals surface area contributed by atoms with Gasteiger partial charge in [0.25, 0.3) is 5.91 Å². The topological polar surface area (TPSA) is 71.1 Å². The molecule has 1 aromatic heterocycles. The molecule has 0 saturated heterocycles. The third-order valence-corrected chi connectivity index (χ3v) is 2.73. The summed E-state index contributed by atoms with van der Waals surface area (Å²) in [5, 5.41) is 5.24. The Hall–Kier alpha value is -2.76. The maximum absolute atomic E-state index is 13.4. The first-order chi connectivity index (χ1) is 10.1. The number of amides is 2. The molecule has 0 radical (unpaired) electrons. The highest BCUT2D eigenvalue weighted by atomic mass is 19.1. The van der Waals surface area contributed by atoms with Gasteiger partial charge in [0, 0.05) is 24.0 Å². The number of carbonyl (C=O) groups is 2. The number of pyridine rings is 1. The molecule has 0 fully saturated rings. The van der Waals surface area contributed by atoms with Crippen LogP contribution in [0.2, 0.25) is 0 Å². The standard InChI is InChI=1S/C15H14FN3O2/c1-2-13(20)18-10-5-3-6-11(9-10)19-15(21)12-7-4-8-17-14(12)16/h3-9H,2H2,1H3,(H,18,20)(H,19,21). The van der Waals surface area contributed by atoms with Gasteiger partial charge in [0.15, 0.2) is 0 Å². The van der Waals surface area contributed by atoms with Gasteiger partial charge in [0.2, 0.25) is 11.9 Å². The minimum absolute atomic E-state index is 0.128. The summed E-state index contributed by atoms with van der Waals surface area (Å²) in [7, 11) is 0. The molecule has 5 nitrogen and oxygen atoms in total. The van der Waals surface area contributed by atoms with E-state index in [0.29, 0.717) is 17.8 Å². The summed E-state index contributed by atoms with van der Waals surface area (Å²) in [6, 6.07) is 9.46. The lowest BCUT2D eigenvalue weighted by atomic mass is 10.2. The molecule has 2 N–H and O–H groups in total. The summed E-state index contributed by atoms with van der Waals surface area (Å²) in [5.41, 5.74) is 0.879. The first-order valence-electron chi connectivity index (χ1n) is 6.42. The van der Waals surface area contributed by atoms with Crippen molar-refractivity contribution in [2.24, 2.45) is 0 Å². The predicted molar refractivity (Wildman–Crippen MR) is 77.5 cm³/mol. The van der Waals surface area contributed by atoms with Gasteiger partial charge in [-0.15, -0.1) is 0 Å². The van der Waals surface area contributed by atoms with Crippen molar-refractivity contribution in [3.05, 3.63) is 54.1 Å². The third kappa shape index (κ3) is 3.85. The fraction of sp³-hybridized carbons (Fsp3) is 0.133. The Morgan fingerprint density at radius 3 is 2.52 bits per heavy atom. The monoisotopic (exact) mass is 287 g/mol. The summed E-state index contributed by atoms with van der Waals surface area (Å²) in [5.74, 6) is -1.55. The fourth-order valence-electron chi connectivity index (χ4n) is 1.68. The molecular weight excluding hydrogens is 273 g/mol. The van der Waals surface area contributed by atoms with Crippen LogP contribution in [-0.2, 0) is 4.79 Å². The highest BCUT2D eigenvalue weighted by molar-refractivity contribution is 6.04. The Balaban J connectivity index is 2.13. The Morgan fingerprint density at radius 1 is 1.14 bits per heavy atom. The lowest BCUT2D eigenvalue weighted by Crippen LogP contribution is -2.15. The van der Waals surface area contributed by atoms with Crippen LogP contribution >= 0.6 is 0 Å². The van der Waals surface area contributed by atoms with Crippen LogP contribution < -0.4 is 10.6 Å². The van der Waals surface area contributed by atoms with E-state index in [4.69, 9.17) is 0 Å². The van der Waals surface area contributed by atoms with E-state index in [1.54, 1.807) is 31.2 Å². The van der Waals surface area contributed by atoms with E-state index in [1.165, 1.54) is 18.3 Å². The minimum Gasteiger partial charge on any atom is -0.326 e. The van der Waals surface area contributed by atoms with Crippen molar-refractivity contribution in [3.63, 3.8) is 0 Å². The Bertz CT molecular complexity index is 673. The molecule has 1 heterocycles. The van der Waals surface area contributed by atoms with Gasteiger partial charge < -0.3 is 10.6 Å².